The summed E-state index contributed by atoms with van der Waals surface area (Å²) in [5.74, 6) is 0.539. The maximum absolute atomic E-state index is 9.88. The second kappa shape index (κ2) is 8.96. The topological polar surface area (TPSA) is 81.0 Å². The van der Waals surface area contributed by atoms with Crippen molar-refractivity contribution >= 4 is 28.6 Å². The van der Waals surface area contributed by atoms with E-state index in [0.717, 1.165) is 29.5 Å². The number of nitrogens with one attached hydrogen (secondary N) is 1. The fourth-order valence-electron chi connectivity index (χ4n) is 1.86. The molecule has 0 saturated carbocycles. The lowest BCUT2D eigenvalue weighted by Crippen LogP contribution is -2.31. The van der Waals surface area contributed by atoms with Gasteiger partial charge in [0.05, 0.1) is 23.4 Å². The minimum absolute atomic E-state index is 0.427. The third-order valence-corrected chi connectivity index (χ3v) is 4.01. The van der Waals surface area contributed by atoms with Crippen LogP contribution in [0.2, 0.25) is 0 Å². The molecule has 0 fully saturated rings. The van der Waals surface area contributed by atoms with Crippen LogP contribution in [0.5, 0.6) is 0 Å². The summed E-state index contributed by atoms with van der Waals surface area (Å²) in [6.45, 7) is 9.67. The van der Waals surface area contributed by atoms with Crippen molar-refractivity contribution in [2.75, 3.05) is 24.5 Å². The first-order valence-corrected chi connectivity index (χ1v) is 8.18. The number of aliphatic imine (C=N–C) groups is 1. The highest BCUT2D eigenvalue weighted by Gasteiger charge is 2.19. The largest absolute Gasteiger partial charge is 0.392 e. The summed E-state index contributed by atoms with van der Waals surface area (Å²) in [5.41, 5.74) is 0. The van der Waals surface area contributed by atoms with Crippen LogP contribution in [0.15, 0.2) is 4.99 Å². The Morgan fingerprint density at radius 1 is 1.38 bits per heavy atom. The van der Waals surface area contributed by atoms with Gasteiger partial charge in [0, 0.05) is 19.6 Å². The van der Waals surface area contributed by atoms with E-state index in [1.807, 2.05) is 11.8 Å². The van der Waals surface area contributed by atoms with Gasteiger partial charge in [-0.1, -0.05) is 18.3 Å². The molecule has 120 valence electrons. The summed E-state index contributed by atoms with van der Waals surface area (Å²) in [4.78, 5) is 11.6. The molecule has 1 aromatic heterocycles. The second-order valence-electron chi connectivity index (χ2n) is 4.97. The van der Waals surface area contributed by atoms with E-state index in [1.165, 1.54) is 11.3 Å². The number of aliphatic hydroxyl groups excluding tert-OH is 2. The average molecular weight is 314 g/mol. The Morgan fingerprint density at radius 3 is 2.62 bits per heavy atom. The molecule has 3 N–H and O–H groups in total. The quantitative estimate of drug-likeness (QED) is 0.480. The number of nitrogens with zero attached hydrogens (tertiary/aromatic N) is 3. The van der Waals surface area contributed by atoms with Crippen LogP contribution < -0.4 is 10.2 Å². The molecule has 0 amide bonds. The Bertz CT molecular complexity index is 446. The number of hydrogen-bond donors (Lipinski definition) is 3. The number of thiazole rings is 1. The monoisotopic (exact) mass is 314 g/mol. The summed E-state index contributed by atoms with van der Waals surface area (Å²) < 4.78 is 0. The van der Waals surface area contributed by atoms with E-state index in [1.54, 1.807) is 20.2 Å². The summed E-state index contributed by atoms with van der Waals surface area (Å²) in [6, 6.07) is 0. The normalized spacial score (nSPS) is 14.4. The maximum Gasteiger partial charge on any atom is 0.187 e. The lowest BCUT2D eigenvalue weighted by Gasteiger charge is -2.22. The molecular formula is C14H26N4O2S. The van der Waals surface area contributed by atoms with Gasteiger partial charge in [0.25, 0.3) is 0 Å². The zero-order valence-corrected chi connectivity index (χ0v) is 14.0. The van der Waals surface area contributed by atoms with Gasteiger partial charge in [0.1, 0.15) is 0 Å². The molecule has 7 heteroatoms. The van der Waals surface area contributed by atoms with Crippen molar-refractivity contribution in [3.63, 3.8) is 0 Å². The molecule has 1 heterocycles. The second-order valence-corrected chi connectivity index (χ2v) is 5.98. The number of anilines is 1. The Labute approximate surface area is 130 Å². The molecule has 2 atom stereocenters. The third kappa shape index (κ3) is 5.61. The molecule has 1 rings (SSSR count). The van der Waals surface area contributed by atoms with Gasteiger partial charge in [-0.3, -0.25) is 0 Å². The Balaban J connectivity index is 3.02. The molecule has 0 aliphatic heterocycles. The van der Waals surface area contributed by atoms with Gasteiger partial charge in [0.2, 0.25) is 0 Å². The number of rotatable bonds is 9. The van der Waals surface area contributed by atoms with Crippen molar-refractivity contribution in [2.24, 2.45) is 4.99 Å². The van der Waals surface area contributed by atoms with Crippen LogP contribution in [-0.2, 0) is 0 Å². The van der Waals surface area contributed by atoms with Gasteiger partial charge < -0.3 is 20.4 Å². The summed E-state index contributed by atoms with van der Waals surface area (Å²) in [7, 11) is 0. The van der Waals surface area contributed by atoms with Crippen molar-refractivity contribution in [1.82, 2.24) is 10.3 Å². The Hall–Kier alpha value is -1.18. The average Bonchev–Trinajstić information content (AvgIpc) is 2.82. The van der Waals surface area contributed by atoms with E-state index in [4.69, 9.17) is 0 Å². The fraction of sp³-hybridized carbons (Fsp3) is 0.714. The SMILES string of the molecule is CCCN(CC(C)O)c1nc(/N=C\NCC)c(C(C)O)s1. The number of aromatic nitrogens is 1. The molecule has 0 saturated heterocycles. The van der Waals surface area contributed by atoms with E-state index >= 15 is 0 Å². The molecule has 0 spiro atoms. The van der Waals surface area contributed by atoms with Crippen LogP contribution in [0.4, 0.5) is 10.9 Å². The van der Waals surface area contributed by atoms with Crippen LogP contribution in [0.3, 0.4) is 0 Å². The van der Waals surface area contributed by atoms with Gasteiger partial charge in [-0.2, -0.15) is 0 Å². The molecular weight excluding hydrogens is 288 g/mol. The summed E-state index contributed by atoms with van der Waals surface area (Å²) in [6.07, 6.45) is 1.53. The van der Waals surface area contributed by atoms with Crippen molar-refractivity contribution < 1.29 is 10.2 Å². The maximum atomic E-state index is 9.88. The summed E-state index contributed by atoms with van der Waals surface area (Å²) in [5, 5.41) is 23.3. The Kier molecular flexibility index (Phi) is 7.63. The molecule has 6 nitrogen and oxygen atoms in total. The lowest BCUT2D eigenvalue weighted by atomic mass is 10.3. The first-order chi connectivity index (χ1) is 9.99. The Morgan fingerprint density at radius 2 is 2.10 bits per heavy atom. The van der Waals surface area contributed by atoms with E-state index in [2.05, 4.69) is 22.2 Å². The highest BCUT2D eigenvalue weighted by atomic mass is 32.1. The van der Waals surface area contributed by atoms with E-state index in [-0.39, 0.29) is 0 Å². The van der Waals surface area contributed by atoms with Crippen molar-refractivity contribution in [3.8, 4) is 0 Å². The van der Waals surface area contributed by atoms with Crippen LogP contribution in [-0.4, -0.2) is 47.3 Å². The van der Waals surface area contributed by atoms with E-state index in [0.29, 0.717) is 12.4 Å². The first kappa shape index (κ1) is 17.9. The number of aliphatic hydroxyl groups is 2. The van der Waals surface area contributed by atoms with Crippen LogP contribution in [0.25, 0.3) is 0 Å². The van der Waals surface area contributed by atoms with Crippen LogP contribution in [0, 0.1) is 0 Å². The molecule has 0 radical (unpaired) electrons. The van der Waals surface area contributed by atoms with Gasteiger partial charge in [-0.05, 0) is 27.2 Å². The summed E-state index contributed by atoms with van der Waals surface area (Å²) >= 11 is 1.43. The van der Waals surface area contributed by atoms with Crippen LogP contribution in [0.1, 0.15) is 45.1 Å². The molecule has 0 bridgehead atoms. The molecule has 0 aliphatic carbocycles. The first-order valence-electron chi connectivity index (χ1n) is 7.37. The molecule has 2 unspecified atom stereocenters. The minimum atomic E-state index is -0.611. The van der Waals surface area contributed by atoms with Gasteiger partial charge in [-0.15, -0.1) is 0 Å². The van der Waals surface area contributed by atoms with Gasteiger partial charge >= 0.3 is 0 Å². The predicted molar refractivity (Wildman–Crippen MR) is 88.8 cm³/mol. The van der Waals surface area contributed by atoms with Crippen molar-refractivity contribution in [1.29, 1.82) is 0 Å². The smallest absolute Gasteiger partial charge is 0.187 e. The molecule has 1 aromatic rings. The van der Waals surface area contributed by atoms with Crippen molar-refractivity contribution in [2.45, 2.75) is 46.3 Å². The van der Waals surface area contributed by atoms with Gasteiger partial charge in [-0.25, -0.2) is 9.98 Å². The predicted octanol–water partition coefficient (Wildman–Crippen LogP) is 2.06. The molecule has 21 heavy (non-hydrogen) atoms. The molecule has 0 aliphatic rings. The highest BCUT2D eigenvalue weighted by Crippen LogP contribution is 2.36. The van der Waals surface area contributed by atoms with Crippen LogP contribution >= 0.6 is 11.3 Å². The van der Waals surface area contributed by atoms with E-state index < -0.39 is 12.2 Å². The number of hydrogen-bond acceptors (Lipinski definition) is 6. The third-order valence-electron chi connectivity index (χ3n) is 2.73. The minimum Gasteiger partial charge on any atom is -0.392 e. The lowest BCUT2D eigenvalue weighted by molar-refractivity contribution is 0.200. The molecule has 0 aromatic carbocycles. The zero-order valence-electron chi connectivity index (χ0n) is 13.2. The van der Waals surface area contributed by atoms with Gasteiger partial charge in [0.15, 0.2) is 10.9 Å². The zero-order chi connectivity index (χ0) is 15.8. The van der Waals surface area contributed by atoms with Crippen molar-refractivity contribution in [3.05, 3.63) is 4.88 Å². The highest BCUT2D eigenvalue weighted by molar-refractivity contribution is 7.16. The van der Waals surface area contributed by atoms with E-state index in [9.17, 15) is 10.2 Å². The fourth-order valence-corrected chi connectivity index (χ4v) is 2.85. The standard InChI is InChI=1S/C14H26N4O2S/c1-5-7-18(8-10(3)19)14-17-13(16-9-15-6-2)12(21-14)11(4)20/h9-11,19-20H,5-8H2,1-4H3,(H,15,16).